The normalized spacial score (nSPS) is 10.2. The van der Waals surface area contributed by atoms with Crippen molar-refractivity contribution in [3.05, 3.63) is 28.7 Å². The fraction of sp³-hybridized carbons (Fsp3) is 0.333. The van der Waals surface area contributed by atoms with Gasteiger partial charge in [-0.25, -0.2) is 0 Å². The first-order chi connectivity index (χ1) is 5.18. The smallest absolute Gasteiger partial charge is 0.121 e. The highest BCUT2D eigenvalue weighted by Crippen LogP contribution is 2.18. The third-order valence-electron chi connectivity index (χ3n) is 1.10. The van der Waals surface area contributed by atoms with Gasteiger partial charge in [0.15, 0.2) is 0 Å². The van der Waals surface area contributed by atoms with E-state index < -0.39 is 0 Å². The maximum atomic E-state index is 5.43. The molecule has 0 saturated carbocycles. The highest BCUT2D eigenvalue weighted by atomic mass is 79.9. The van der Waals surface area contributed by atoms with E-state index in [-0.39, 0.29) is 6.10 Å². The van der Waals surface area contributed by atoms with Crippen molar-refractivity contribution >= 4 is 15.9 Å². The molecule has 0 aliphatic carbocycles. The van der Waals surface area contributed by atoms with Crippen molar-refractivity contribution in [1.82, 2.24) is 0 Å². The zero-order chi connectivity index (χ0) is 8.27. The van der Waals surface area contributed by atoms with Gasteiger partial charge in [-0.3, -0.25) is 0 Å². The molecule has 1 radical (unpaired) electrons. The standard InChI is InChI=1S/C9H10BrO/c1-7(2)11-9-5-3-4-8(10)6-9/h4-7H,1-2H3. The minimum Gasteiger partial charge on any atom is -0.491 e. The molecule has 0 aromatic heterocycles. The Bertz CT molecular complexity index is 233. The van der Waals surface area contributed by atoms with Crippen LogP contribution in [-0.4, -0.2) is 6.10 Å². The summed E-state index contributed by atoms with van der Waals surface area (Å²) in [5.41, 5.74) is 0. The van der Waals surface area contributed by atoms with Crippen molar-refractivity contribution < 1.29 is 4.74 Å². The molecule has 0 unspecified atom stereocenters. The van der Waals surface area contributed by atoms with Crippen LogP contribution in [0.5, 0.6) is 5.75 Å². The third-order valence-corrected chi connectivity index (χ3v) is 1.56. The van der Waals surface area contributed by atoms with E-state index in [9.17, 15) is 0 Å². The minimum absolute atomic E-state index is 0.220. The molecule has 0 heterocycles. The summed E-state index contributed by atoms with van der Waals surface area (Å²) in [5, 5.41) is 0. The summed E-state index contributed by atoms with van der Waals surface area (Å²) in [7, 11) is 0. The lowest BCUT2D eigenvalue weighted by atomic mass is 10.3. The van der Waals surface area contributed by atoms with E-state index in [4.69, 9.17) is 4.74 Å². The van der Waals surface area contributed by atoms with Crippen LogP contribution in [0.3, 0.4) is 0 Å². The van der Waals surface area contributed by atoms with E-state index >= 15 is 0 Å². The predicted molar refractivity (Wildman–Crippen MR) is 48.7 cm³/mol. The van der Waals surface area contributed by atoms with Gasteiger partial charge in [0.2, 0.25) is 0 Å². The topological polar surface area (TPSA) is 9.23 Å². The van der Waals surface area contributed by atoms with E-state index in [0.29, 0.717) is 0 Å². The Kier molecular flexibility index (Phi) is 2.94. The van der Waals surface area contributed by atoms with Crippen LogP contribution in [0.15, 0.2) is 22.7 Å². The molecule has 59 valence electrons. The molecule has 1 aromatic carbocycles. The molecule has 1 aromatic rings. The first-order valence-electron chi connectivity index (χ1n) is 3.52. The number of rotatable bonds is 2. The fourth-order valence-electron chi connectivity index (χ4n) is 0.763. The maximum absolute atomic E-state index is 5.43. The lowest BCUT2D eigenvalue weighted by Crippen LogP contribution is -2.05. The molecule has 0 N–H and O–H groups in total. The van der Waals surface area contributed by atoms with Gasteiger partial charge in [0.25, 0.3) is 0 Å². The van der Waals surface area contributed by atoms with Crippen molar-refractivity contribution in [2.24, 2.45) is 0 Å². The minimum atomic E-state index is 0.220. The van der Waals surface area contributed by atoms with Crippen LogP contribution < -0.4 is 4.74 Å². The Labute approximate surface area is 75.5 Å². The second-order valence-electron chi connectivity index (χ2n) is 2.55. The second-order valence-corrected chi connectivity index (χ2v) is 3.47. The third kappa shape index (κ3) is 2.93. The van der Waals surface area contributed by atoms with Gasteiger partial charge in [-0.05, 0) is 38.1 Å². The number of ether oxygens (including phenoxy) is 1. The Morgan fingerprint density at radius 2 is 2.18 bits per heavy atom. The first-order valence-corrected chi connectivity index (χ1v) is 4.31. The molecule has 0 fully saturated rings. The molecular weight excluding hydrogens is 204 g/mol. The van der Waals surface area contributed by atoms with Crippen LogP contribution in [0.4, 0.5) is 0 Å². The Morgan fingerprint density at radius 3 is 2.73 bits per heavy atom. The highest BCUT2D eigenvalue weighted by Gasteiger charge is 1.96. The van der Waals surface area contributed by atoms with Gasteiger partial charge >= 0.3 is 0 Å². The van der Waals surface area contributed by atoms with Crippen LogP contribution in [0.25, 0.3) is 0 Å². The van der Waals surface area contributed by atoms with Gasteiger partial charge in [0.05, 0.1) is 6.10 Å². The first kappa shape index (κ1) is 8.60. The van der Waals surface area contributed by atoms with Crippen LogP contribution >= 0.6 is 15.9 Å². The van der Waals surface area contributed by atoms with Gasteiger partial charge in [-0.1, -0.05) is 15.9 Å². The lowest BCUT2D eigenvalue weighted by molar-refractivity contribution is 0.242. The summed E-state index contributed by atoms with van der Waals surface area (Å²) in [6.45, 7) is 4.00. The average Bonchev–Trinajstić information content (AvgIpc) is 1.85. The van der Waals surface area contributed by atoms with Crippen LogP contribution in [0.1, 0.15) is 13.8 Å². The van der Waals surface area contributed by atoms with Gasteiger partial charge in [0, 0.05) is 4.47 Å². The molecule has 1 nitrogen and oxygen atoms in total. The van der Waals surface area contributed by atoms with E-state index in [1.54, 1.807) is 0 Å². The SMILES string of the molecule is CC(C)Oc1c[c]cc(Br)c1. The zero-order valence-electron chi connectivity index (χ0n) is 6.60. The second kappa shape index (κ2) is 3.77. The Hall–Kier alpha value is -0.500. The molecule has 11 heavy (non-hydrogen) atoms. The van der Waals surface area contributed by atoms with E-state index in [0.717, 1.165) is 10.2 Å². The number of hydrogen-bond donors (Lipinski definition) is 0. The molecule has 0 aliphatic rings. The monoisotopic (exact) mass is 213 g/mol. The van der Waals surface area contributed by atoms with Crippen molar-refractivity contribution in [1.29, 1.82) is 0 Å². The Morgan fingerprint density at radius 1 is 1.45 bits per heavy atom. The van der Waals surface area contributed by atoms with Gasteiger partial charge in [-0.15, -0.1) is 0 Å². The number of halogens is 1. The quantitative estimate of drug-likeness (QED) is 0.735. The van der Waals surface area contributed by atoms with Crippen LogP contribution in [-0.2, 0) is 0 Å². The van der Waals surface area contributed by atoms with Crippen LogP contribution in [0.2, 0.25) is 0 Å². The average molecular weight is 214 g/mol. The molecule has 0 aliphatic heterocycles. The van der Waals surface area contributed by atoms with Crippen molar-refractivity contribution in [2.45, 2.75) is 20.0 Å². The largest absolute Gasteiger partial charge is 0.491 e. The van der Waals surface area contributed by atoms with Crippen molar-refractivity contribution in [2.75, 3.05) is 0 Å². The summed E-state index contributed by atoms with van der Waals surface area (Å²) in [4.78, 5) is 0. The predicted octanol–water partition coefficient (Wildman–Crippen LogP) is 3.04. The van der Waals surface area contributed by atoms with E-state index in [2.05, 4.69) is 22.0 Å². The number of benzene rings is 1. The van der Waals surface area contributed by atoms with Crippen molar-refractivity contribution in [3.63, 3.8) is 0 Å². The highest BCUT2D eigenvalue weighted by molar-refractivity contribution is 9.10. The molecule has 0 amide bonds. The molecule has 2 heteroatoms. The fourth-order valence-corrected chi connectivity index (χ4v) is 1.12. The molecule has 0 bridgehead atoms. The van der Waals surface area contributed by atoms with E-state index in [1.165, 1.54) is 0 Å². The zero-order valence-corrected chi connectivity index (χ0v) is 8.18. The van der Waals surface area contributed by atoms with Gasteiger partial charge in [0.1, 0.15) is 5.75 Å². The van der Waals surface area contributed by atoms with E-state index in [1.807, 2.05) is 32.0 Å². The lowest BCUT2D eigenvalue weighted by Gasteiger charge is -2.08. The van der Waals surface area contributed by atoms with Gasteiger partial charge in [-0.2, -0.15) is 0 Å². The molecule has 0 saturated heterocycles. The van der Waals surface area contributed by atoms with Crippen molar-refractivity contribution in [3.8, 4) is 5.75 Å². The molecular formula is C9H10BrO. The Balaban J connectivity index is 2.71. The number of hydrogen-bond acceptors (Lipinski definition) is 1. The van der Waals surface area contributed by atoms with Gasteiger partial charge < -0.3 is 4.74 Å². The van der Waals surface area contributed by atoms with Crippen LogP contribution in [0, 0.1) is 6.07 Å². The maximum Gasteiger partial charge on any atom is 0.121 e. The summed E-state index contributed by atoms with van der Waals surface area (Å²) in [6, 6.07) is 8.57. The summed E-state index contributed by atoms with van der Waals surface area (Å²) in [6.07, 6.45) is 0.220. The molecule has 1 rings (SSSR count). The summed E-state index contributed by atoms with van der Waals surface area (Å²) >= 11 is 3.34. The molecule has 0 spiro atoms. The molecule has 0 atom stereocenters. The summed E-state index contributed by atoms with van der Waals surface area (Å²) in [5.74, 6) is 0.856. The summed E-state index contributed by atoms with van der Waals surface area (Å²) < 4.78 is 6.43.